The van der Waals surface area contributed by atoms with Crippen molar-refractivity contribution < 1.29 is 4.79 Å². The number of carbonyl (C=O) groups is 1. The minimum absolute atomic E-state index is 0.237. The summed E-state index contributed by atoms with van der Waals surface area (Å²) in [6.07, 6.45) is 0.899. The van der Waals surface area contributed by atoms with Crippen LogP contribution in [0.5, 0.6) is 0 Å². The van der Waals surface area contributed by atoms with Crippen molar-refractivity contribution in [1.82, 2.24) is 0 Å². The van der Waals surface area contributed by atoms with Gasteiger partial charge in [-0.2, -0.15) is 0 Å². The van der Waals surface area contributed by atoms with Gasteiger partial charge in [0.2, 0.25) is 0 Å². The Kier molecular flexibility index (Phi) is 3.76. The molecule has 13 heavy (non-hydrogen) atoms. The highest BCUT2D eigenvalue weighted by Crippen LogP contribution is 2.13. The molecular weight excluding hydrogens is 207 g/mol. The molecule has 1 aromatic rings. The highest BCUT2D eigenvalue weighted by atomic mass is 35.5. The van der Waals surface area contributed by atoms with Crippen LogP contribution < -0.4 is 0 Å². The van der Waals surface area contributed by atoms with Gasteiger partial charge in [0.05, 0.1) is 0 Å². The van der Waals surface area contributed by atoms with Gasteiger partial charge in [-0.1, -0.05) is 48.3 Å². The molecule has 0 aliphatic carbocycles. The summed E-state index contributed by atoms with van der Waals surface area (Å²) in [6, 6.07) is 7.34. The van der Waals surface area contributed by atoms with Crippen LogP contribution in [-0.4, -0.2) is 10.6 Å². The lowest BCUT2D eigenvalue weighted by Crippen LogP contribution is -2.08. The van der Waals surface area contributed by atoms with E-state index >= 15 is 0 Å². The molecule has 0 aliphatic heterocycles. The highest BCUT2D eigenvalue weighted by molar-refractivity contribution is 6.55. The first-order chi connectivity index (χ1) is 6.15. The van der Waals surface area contributed by atoms with Crippen molar-refractivity contribution in [3.05, 3.63) is 35.4 Å². The molecule has 0 aliphatic rings. The number of hydrogen-bond donors (Lipinski definition) is 0. The van der Waals surface area contributed by atoms with Gasteiger partial charge in [-0.05, 0) is 18.1 Å². The van der Waals surface area contributed by atoms with Gasteiger partial charge in [0.1, 0.15) is 0 Å². The maximum absolute atomic E-state index is 11.3. The number of ketones is 1. The van der Waals surface area contributed by atoms with Crippen LogP contribution in [0.2, 0.25) is 0 Å². The number of Topliss-reactive ketones (excluding diaryl/α,β-unsaturated/α-hetero) is 1. The molecule has 0 unspecified atom stereocenters. The van der Waals surface area contributed by atoms with Gasteiger partial charge in [0.15, 0.2) is 10.6 Å². The van der Waals surface area contributed by atoms with Crippen LogP contribution in [0.15, 0.2) is 24.3 Å². The summed E-state index contributed by atoms with van der Waals surface area (Å²) >= 11 is 10.9. The molecule has 1 nitrogen and oxygen atoms in total. The number of hydrogen-bond acceptors (Lipinski definition) is 1. The van der Waals surface area contributed by atoms with Crippen LogP contribution in [-0.2, 0) is 6.42 Å². The first-order valence-electron chi connectivity index (χ1n) is 4.06. The van der Waals surface area contributed by atoms with E-state index < -0.39 is 4.84 Å². The van der Waals surface area contributed by atoms with Crippen molar-refractivity contribution in [3.8, 4) is 0 Å². The average molecular weight is 217 g/mol. The van der Waals surface area contributed by atoms with Gasteiger partial charge in [0.25, 0.3) is 0 Å². The minimum atomic E-state index is -0.966. The maximum Gasteiger partial charge on any atom is 0.195 e. The van der Waals surface area contributed by atoms with E-state index in [-0.39, 0.29) is 5.78 Å². The third kappa shape index (κ3) is 2.71. The van der Waals surface area contributed by atoms with Gasteiger partial charge in [-0.3, -0.25) is 4.79 Å². The molecule has 1 aromatic carbocycles. The Morgan fingerprint density at radius 1 is 1.46 bits per heavy atom. The Hall–Kier alpha value is -0.530. The molecule has 0 bridgehead atoms. The quantitative estimate of drug-likeness (QED) is 0.561. The normalized spacial score (nSPS) is 10.5. The Bertz CT molecular complexity index is 308. The lowest BCUT2D eigenvalue weighted by molar-refractivity contribution is 0.101. The van der Waals surface area contributed by atoms with Crippen LogP contribution in [0.1, 0.15) is 22.8 Å². The largest absolute Gasteiger partial charge is 0.291 e. The molecule has 0 amide bonds. The standard InChI is InChI=1S/C10H10Cl2O/c1-2-7-4-3-5-8(6-7)9(13)10(11)12/h3-6,10H,2H2,1H3. The molecule has 0 heterocycles. The summed E-state index contributed by atoms with van der Waals surface area (Å²) in [6.45, 7) is 2.03. The fourth-order valence-corrected chi connectivity index (χ4v) is 1.32. The van der Waals surface area contributed by atoms with E-state index in [0.717, 1.165) is 12.0 Å². The van der Waals surface area contributed by atoms with Crippen molar-refractivity contribution in [2.45, 2.75) is 18.2 Å². The predicted octanol–water partition coefficient (Wildman–Crippen LogP) is 3.24. The van der Waals surface area contributed by atoms with Gasteiger partial charge in [0, 0.05) is 5.56 Å². The molecule has 0 fully saturated rings. The minimum Gasteiger partial charge on any atom is -0.291 e. The van der Waals surface area contributed by atoms with Gasteiger partial charge in [-0.25, -0.2) is 0 Å². The second-order valence-corrected chi connectivity index (χ2v) is 3.82. The Labute approximate surface area is 87.7 Å². The van der Waals surface area contributed by atoms with E-state index in [1.807, 2.05) is 25.1 Å². The zero-order valence-electron chi connectivity index (χ0n) is 7.26. The molecule has 3 heteroatoms. The summed E-state index contributed by atoms with van der Waals surface area (Å²) in [5, 5.41) is 0. The number of aryl methyl sites for hydroxylation is 1. The topological polar surface area (TPSA) is 17.1 Å². The lowest BCUT2D eigenvalue weighted by atomic mass is 10.1. The van der Waals surface area contributed by atoms with Crippen molar-refractivity contribution >= 4 is 29.0 Å². The van der Waals surface area contributed by atoms with Crippen LogP contribution in [0.25, 0.3) is 0 Å². The van der Waals surface area contributed by atoms with E-state index in [1.54, 1.807) is 6.07 Å². The second kappa shape index (κ2) is 4.64. The fourth-order valence-electron chi connectivity index (χ4n) is 1.07. The zero-order valence-corrected chi connectivity index (χ0v) is 8.77. The maximum atomic E-state index is 11.3. The number of halogens is 2. The van der Waals surface area contributed by atoms with Crippen molar-refractivity contribution in [2.75, 3.05) is 0 Å². The van der Waals surface area contributed by atoms with Crippen LogP contribution in [0.4, 0.5) is 0 Å². The smallest absolute Gasteiger partial charge is 0.195 e. The molecule has 70 valence electrons. The number of carbonyl (C=O) groups excluding carboxylic acids is 1. The molecule has 0 spiro atoms. The zero-order chi connectivity index (χ0) is 9.84. The Morgan fingerprint density at radius 2 is 2.15 bits per heavy atom. The van der Waals surface area contributed by atoms with Crippen LogP contribution in [0, 0.1) is 0 Å². The highest BCUT2D eigenvalue weighted by Gasteiger charge is 2.13. The average Bonchev–Trinajstić information content (AvgIpc) is 2.16. The molecular formula is C10H10Cl2O. The molecule has 0 N–H and O–H groups in total. The lowest BCUT2D eigenvalue weighted by Gasteiger charge is -2.02. The number of rotatable bonds is 3. The summed E-state index contributed by atoms with van der Waals surface area (Å²) in [5.41, 5.74) is 1.69. The summed E-state index contributed by atoms with van der Waals surface area (Å²) < 4.78 is 0. The van der Waals surface area contributed by atoms with Gasteiger partial charge >= 0.3 is 0 Å². The summed E-state index contributed by atoms with van der Waals surface area (Å²) in [5.74, 6) is -0.237. The number of alkyl halides is 2. The summed E-state index contributed by atoms with van der Waals surface area (Å²) in [4.78, 5) is 10.4. The molecule has 1 rings (SSSR count). The van der Waals surface area contributed by atoms with E-state index in [9.17, 15) is 4.79 Å². The molecule has 0 atom stereocenters. The van der Waals surface area contributed by atoms with Crippen molar-refractivity contribution in [3.63, 3.8) is 0 Å². The molecule has 0 aromatic heterocycles. The Morgan fingerprint density at radius 3 is 2.69 bits per heavy atom. The summed E-state index contributed by atoms with van der Waals surface area (Å²) in [7, 11) is 0. The predicted molar refractivity (Wildman–Crippen MR) is 55.6 cm³/mol. The van der Waals surface area contributed by atoms with Crippen LogP contribution in [0.3, 0.4) is 0 Å². The SMILES string of the molecule is CCc1cccc(C(=O)C(Cl)Cl)c1. The van der Waals surface area contributed by atoms with E-state index in [4.69, 9.17) is 23.2 Å². The van der Waals surface area contributed by atoms with Crippen LogP contribution >= 0.6 is 23.2 Å². The van der Waals surface area contributed by atoms with Gasteiger partial charge in [-0.15, -0.1) is 0 Å². The first-order valence-corrected chi connectivity index (χ1v) is 4.93. The van der Waals surface area contributed by atoms with Gasteiger partial charge < -0.3 is 0 Å². The number of benzene rings is 1. The fraction of sp³-hybridized carbons (Fsp3) is 0.300. The van der Waals surface area contributed by atoms with E-state index in [0.29, 0.717) is 5.56 Å². The van der Waals surface area contributed by atoms with E-state index in [2.05, 4.69) is 0 Å². The van der Waals surface area contributed by atoms with Crippen molar-refractivity contribution in [2.24, 2.45) is 0 Å². The molecule has 0 saturated heterocycles. The third-order valence-corrected chi connectivity index (χ3v) is 2.21. The van der Waals surface area contributed by atoms with E-state index in [1.165, 1.54) is 0 Å². The monoisotopic (exact) mass is 216 g/mol. The molecule has 0 radical (unpaired) electrons. The first kappa shape index (κ1) is 10.6. The van der Waals surface area contributed by atoms with Crippen molar-refractivity contribution in [1.29, 1.82) is 0 Å². The second-order valence-electron chi connectivity index (χ2n) is 2.72. The Balaban J connectivity index is 2.95. The molecule has 0 saturated carbocycles. The third-order valence-electron chi connectivity index (χ3n) is 1.82.